The fourth-order valence-electron chi connectivity index (χ4n) is 2.79. The molecular weight excluding hydrogens is 371 g/mol. The first-order chi connectivity index (χ1) is 12.2. The van der Waals surface area contributed by atoms with E-state index in [4.69, 9.17) is 11.6 Å². The standard InChI is InChI=1S/C17H21ClF3N3O2/c1-2-22-14(25)16(6-3-7-16)10-24-15(26)23-9-11-4-5-12(8-13(11)18)17(19,20)21/h4-5,8H,2-3,6-7,9-10H2,1H3,(H,22,25)(H2,23,24,26). The average molecular weight is 392 g/mol. The molecule has 2 rings (SSSR count). The summed E-state index contributed by atoms with van der Waals surface area (Å²) in [5.41, 5.74) is -1.04. The number of carbonyl (C=O) groups is 2. The van der Waals surface area contributed by atoms with E-state index in [0.29, 0.717) is 24.9 Å². The smallest absolute Gasteiger partial charge is 0.356 e. The largest absolute Gasteiger partial charge is 0.416 e. The Balaban J connectivity index is 1.86. The third-order valence-corrected chi connectivity index (χ3v) is 4.89. The van der Waals surface area contributed by atoms with Crippen molar-refractivity contribution < 1.29 is 22.8 Å². The summed E-state index contributed by atoms with van der Waals surface area (Å²) in [5.74, 6) is -0.0719. The first-order valence-corrected chi connectivity index (χ1v) is 8.71. The van der Waals surface area contributed by atoms with E-state index in [1.165, 1.54) is 6.07 Å². The van der Waals surface area contributed by atoms with Crippen molar-refractivity contribution in [1.29, 1.82) is 0 Å². The fraction of sp³-hybridized carbons (Fsp3) is 0.529. The van der Waals surface area contributed by atoms with Crippen LogP contribution in [-0.2, 0) is 17.5 Å². The minimum atomic E-state index is -4.47. The van der Waals surface area contributed by atoms with Gasteiger partial charge in [0.2, 0.25) is 5.91 Å². The molecule has 3 amide bonds. The second-order valence-corrected chi connectivity index (χ2v) is 6.74. The van der Waals surface area contributed by atoms with Crippen LogP contribution in [0.5, 0.6) is 0 Å². The van der Waals surface area contributed by atoms with E-state index in [1.807, 2.05) is 6.92 Å². The minimum Gasteiger partial charge on any atom is -0.356 e. The van der Waals surface area contributed by atoms with Gasteiger partial charge in [-0.2, -0.15) is 13.2 Å². The van der Waals surface area contributed by atoms with Crippen LogP contribution in [-0.4, -0.2) is 25.0 Å². The molecule has 0 radical (unpaired) electrons. The number of urea groups is 1. The molecule has 0 aromatic heterocycles. The molecule has 0 spiro atoms. The molecule has 5 nitrogen and oxygen atoms in total. The summed E-state index contributed by atoms with van der Waals surface area (Å²) >= 11 is 5.85. The maximum atomic E-state index is 12.6. The number of carbonyl (C=O) groups excluding carboxylic acids is 2. The Morgan fingerprint density at radius 3 is 2.38 bits per heavy atom. The van der Waals surface area contributed by atoms with Crippen LogP contribution in [0.3, 0.4) is 0 Å². The molecule has 0 saturated heterocycles. The van der Waals surface area contributed by atoms with Gasteiger partial charge in [-0.05, 0) is 37.5 Å². The SMILES string of the molecule is CCNC(=O)C1(CNC(=O)NCc2ccc(C(F)(F)F)cc2Cl)CCC1. The molecule has 1 aliphatic carbocycles. The van der Waals surface area contributed by atoms with Gasteiger partial charge >= 0.3 is 12.2 Å². The lowest BCUT2D eigenvalue weighted by Crippen LogP contribution is -2.53. The Labute approximate surface area is 154 Å². The van der Waals surface area contributed by atoms with Crippen molar-refractivity contribution in [2.75, 3.05) is 13.1 Å². The van der Waals surface area contributed by atoms with Crippen LogP contribution in [0.2, 0.25) is 5.02 Å². The monoisotopic (exact) mass is 391 g/mol. The lowest BCUT2D eigenvalue weighted by atomic mass is 9.68. The molecule has 1 fully saturated rings. The van der Waals surface area contributed by atoms with E-state index in [1.54, 1.807) is 0 Å². The lowest BCUT2D eigenvalue weighted by molar-refractivity contribution is -0.137. The molecule has 0 heterocycles. The van der Waals surface area contributed by atoms with Gasteiger partial charge in [0.15, 0.2) is 0 Å². The molecule has 3 N–H and O–H groups in total. The molecule has 1 aromatic rings. The fourth-order valence-corrected chi connectivity index (χ4v) is 3.04. The molecule has 0 atom stereocenters. The topological polar surface area (TPSA) is 70.2 Å². The van der Waals surface area contributed by atoms with Crippen LogP contribution < -0.4 is 16.0 Å². The number of alkyl halides is 3. The highest BCUT2D eigenvalue weighted by Crippen LogP contribution is 2.40. The van der Waals surface area contributed by atoms with Gasteiger partial charge in [-0.15, -0.1) is 0 Å². The highest BCUT2D eigenvalue weighted by atomic mass is 35.5. The first kappa shape index (κ1) is 20.4. The number of hydrogen-bond acceptors (Lipinski definition) is 2. The van der Waals surface area contributed by atoms with E-state index >= 15 is 0 Å². The van der Waals surface area contributed by atoms with Crippen LogP contribution >= 0.6 is 11.6 Å². The van der Waals surface area contributed by atoms with E-state index < -0.39 is 23.2 Å². The molecule has 1 saturated carbocycles. The van der Waals surface area contributed by atoms with Gasteiger partial charge in [-0.3, -0.25) is 4.79 Å². The van der Waals surface area contributed by atoms with Crippen molar-refractivity contribution in [2.24, 2.45) is 5.41 Å². The maximum Gasteiger partial charge on any atom is 0.416 e. The lowest BCUT2D eigenvalue weighted by Gasteiger charge is -2.40. The molecule has 0 bridgehead atoms. The molecule has 1 aromatic carbocycles. The number of nitrogens with one attached hydrogen (secondary N) is 3. The number of hydrogen-bond donors (Lipinski definition) is 3. The van der Waals surface area contributed by atoms with Crippen molar-refractivity contribution >= 4 is 23.5 Å². The molecule has 0 aliphatic heterocycles. The Hall–Kier alpha value is -1.96. The van der Waals surface area contributed by atoms with Crippen LogP contribution in [0.15, 0.2) is 18.2 Å². The van der Waals surface area contributed by atoms with Gasteiger partial charge in [-0.25, -0.2) is 4.79 Å². The molecule has 1 aliphatic rings. The zero-order valence-electron chi connectivity index (χ0n) is 14.3. The normalized spacial score (nSPS) is 15.7. The molecule has 0 unspecified atom stereocenters. The number of rotatable bonds is 6. The van der Waals surface area contributed by atoms with Gasteiger partial charge in [0.1, 0.15) is 0 Å². The van der Waals surface area contributed by atoms with Crippen molar-refractivity contribution in [3.05, 3.63) is 34.3 Å². The van der Waals surface area contributed by atoms with E-state index in [0.717, 1.165) is 18.6 Å². The van der Waals surface area contributed by atoms with E-state index in [-0.39, 0.29) is 24.0 Å². The van der Waals surface area contributed by atoms with Gasteiger partial charge < -0.3 is 16.0 Å². The average Bonchev–Trinajstić information content (AvgIpc) is 2.52. The van der Waals surface area contributed by atoms with Crippen molar-refractivity contribution in [3.8, 4) is 0 Å². The predicted octanol–water partition coefficient (Wildman–Crippen LogP) is 3.46. The Morgan fingerprint density at radius 1 is 1.19 bits per heavy atom. The first-order valence-electron chi connectivity index (χ1n) is 8.33. The third kappa shape index (κ3) is 4.81. The second-order valence-electron chi connectivity index (χ2n) is 6.33. The summed E-state index contributed by atoms with van der Waals surface area (Å²) in [4.78, 5) is 24.0. The van der Waals surface area contributed by atoms with Gasteiger partial charge in [0.25, 0.3) is 0 Å². The number of halogens is 4. The molecule has 9 heteroatoms. The Kier molecular flexibility index (Phi) is 6.39. The van der Waals surface area contributed by atoms with E-state index in [9.17, 15) is 22.8 Å². The van der Waals surface area contributed by atoms with Gasteiger partial charge in [0, 0.05) is 24.7 Å². The minimum absolute atomic E-state index is 0.0169. The number of amides is 3. The number of benzene rings is 1. The van der Waals surface area contributed by atoms with Crippen LogP contribution in [0.25, 0.3) is 0 Å². The summed E-state index contributed by atoms with van der Waals surface area (Å²) in [5, 5.41) is 7.90. The predicted molar refractivity (Wildman–Crippen MR) is 91.7 cm³/mol. The van der Waals surface area contributed by atoms with Crippen LogP contribution in [0.1, 0.15) is 37.3 Å². The van der Waals surface area contributed by atoms with Gasteiger partial charge in [-0.1, -0.05) is 24.1 Å². The summed E-state index contributed by atoms with van der Waals surface area (Å²) in [7, 11) is 0. The van der Waals surface area contributed by atoms with Gasteiger partial charge in [0.05, 0.1) is 11.0 Å². The summed E-state index contributed by atoms with van der Waals surface area (Å²) in [6, 6.07) is 2.47. The van der Waals surface area contributed by atoms with Crippen molar-refractivity contribution in [3.63, 3.8) is 0 Å². The highest BCUT2D eigenvalue weighted by molar-refractivity contribution is 6.31. The van der Waals surface area contributed by atoms with Crippen LogP contribution in [0, 0.1) is 5.41 Å². The maximum absolute atomic E-state index is 12.6. The van der Waals surface area contributed by atoms with Crippen molar-refractivity contribution in [2.45, 2.75) is 38.9 Å². The second kappa shape index (κ2) is 8.16. The summed E-state index contributed by atoms with van der Waals surface area (Å²) in [6.45, 7) is 2.56. The van der Waals surface area contributed by atoms with Crippen molar-refractivity contribution in [1.82, 2.24) is 16.0 Å². The van der Waals surface area contributed by atoms with Crippen LogP contribution in [0.4, 0.5) is 18.0 Å². The third-order valence-electron chi connectivity index (χ3n) is 4.54. The zero-order valence-corrected chi connectivity index (χ0v) is 15.1. The Morgan fingerprint density at radius 2 is 1.88 bits per heavy atom. The quantitative estimate of drug-likeness (QED) is 0.695. The molecule has 144 valence electrons. The summed E-state index contributed by atoms with van der Waals surface area (Å²) < 4.78 is 37.8. The van der Waals surface area contributed by atoms with E-state index in [2.05, 4.69) is 16.0 Å². The Bertz CT molecular complexity index is 676. The summed E-state index contributed by atoms with van der Waals surface area (Å²) in [6.07, 6.45) is -2.11. The zero-order chi connectivity index (χ0) is 19.4. The molecule has 26 heavy (non-hydrogen) atoms. The highest BCUT2D eigenvalue weighted by Gasteiger charge is 2.43. The molecular formula is C17H21ClF3N3O2.